The molecular weight excluding hydrogens is 318 g/mol. The van der Waals surface area contributed by atoms with E-state index in [1.165, 1.54) is 6.33 Å². The Labute approximate surface area is 147 Å². The summed E-state index contributed by atoms with van der Waals surface area (Å²) in [5.41, 5.74) is 0. The standard InChI is InChI=1S/C17H25N7O/c1-3-5-6-16(25)22-9-7-14(8-10-22)17-21-20-15(24(17)4-2)11-23-13-18-12-19-23/h3,5,12-14H,4,6-11H2,1-2H3/b5-3+. The fraction of sp³-hybridized carbons (Fsp3) is 0.588. The Morgan fingerprint density at radius 1 is 1.32 bits per heavy atom. The predicted molar refractivity (Wildman–Crippen MR) is 92.8 cm³/mol. The van der Waals surface area contributed by atoms with Gasteiger partial charge in [0.15, 0.2) is 5.82 Å². The first-order chi connectivity index (χ1) is 12.2. The molecule has 3 rings (SSSR count). The average Bonchev–Trinajstić information content (AvgIpc) is 3.29. The molecule has 1 aliphatic heterocycles. The van der Waals surface area contributed by atoms with E-state index in [1.54, 1.807) is 11.0 Å². The van der Waals surface area contributed by atoms with Gasteiger partial charge in [-0.3, -0.25) is 4.79 Å². The summed E-state index contributed by atoms with van der Waals surface area (Å²) in [5.74, 6) is 2.48. The summed E-state index contributed by atoms with van der Waals surface area (Å²) in [6.45, 7) is 7.02. The van der Waals surface area contributed by atoms with Crippen LogP contribution < -0.4 is 0 Å². The van der Waals surface area contributed by atoms with Crippen molar-refractivity contribution in [2.75, 3.05) is 13.1 Å². The van der Waals surface area contributed by atoms with Gasteiger partial charge in [-0.05, 0) is 26.7 Å². The van der Waals surface area contributed by atoms with Crippen molar-refractivity contribution >= 4 is 5.91 Å². The van der Waals surface area contributed by atoms with Crippen molar-refractivity contribution in [2.24, 2.45) is 0 Å². The van der Waals surface area contributed by atoms with E-state index < -0.39 is 0 Å². The lowest BCUT2D eigenvalue weighted by Gasteiger charge is -2.31. The van der Waals surface area contributed by atoms with E-state index in [0.717, 1.165) is 44.1 Å². The first-order valence-corrected chi connectivity index (χ1v) is 8.86. The van der Waals surface area contributed by atoms with Crippen molar-refractivity contribution < 1.29 is 4.79 Å². The molecule has 1 fully saturated rings. The Bertz CT molecular complexity index is 711. The van der Waals surface area contributed by atoms with Crippen LogP contribution in [0.1, 0.15) is 50.7 Å². The van der Waals surface area contributed by atoms with Crippen LogP contribution in [-0.4, -0.2) is 53.4 Å². The molecule has 8 heteroatoms. The smallest absolute Gasteiger partial charge is 0.226 e. The van der Waals surface area contributed by atoms with E-state index >= 15 is 0 Å². The zero-order valence-electron chi connectivity index (χ0n) is 14.9. The Morgan fingerprint density at radius 3 is 2.76 bits per heavy atom. The third kappa shape index (κ3) is 3.94. The van der Waals surface area contributed by atoms with Gasteiger partial charge in [0.25, 0.3) is 0 Å². The van der Waals surface area contributed by atoms with Gasteiger partial charge >= 0.3 is 0 Å². The molecule has 134 valence electrons. The van der Waals surface area contributed by atoms with Crippen LogP contribution in [0, 0.1) is 0 Å². The molecule has 0 N–H and O–H groups in total. The number of nitrogens with zero attached hydrogens (tertiary/aromatic N) is 7. The average molecular weight is 343 g/mol. The summed E-state index contributed by atoms with van der Waals surface area (Å²) < 4.78 is 3.92. The van der Waals surface area contributed by atoms with Crippen LogP contribution in [0.25, 0.3) is 0 Å². The highest BCUT2D eigenvalue weighted by Gasteiger charge is 2.27. The zero-order chi connectivity index (χ0) is 17.6. The largest absolute Gasteiger partial charge is 0.342 e. The lowest BCUT2D eigenvalue weighted by Crippen LogP contribution is -2.38. The van der Waals surface area contributed by atoms with Gasteiger partial charge in [0.1, 0.15) is 25.0 Å². The number of likely N-dealkylation sites (tertiary alicyclic amines) is 1. The second kappa shape index (κ2) is 8.04. The lowest BCUT2D eigenvalue weighted by molar-refractivity contribution is -0.131. The van der Waals surface area contributed by atoms with Crippen LogP contribution in [-0.2, 0) is 17.9 Å². The number of carbonyl (C=O) groups excluding carboxylic acids is 1. The van der Waals surface area contributed by atoms with Crippen LogP contribution in [0.3, 0.4) is 0 Å². The Balaban J connectivity index is 1.65. The van der Waals surface area contributed by atoms with E-state index in [9.17, 15) is 4.79 Å². The van der Waals surface area contributed by atoms with Crippen LogP contribution in [0.4, 0.5) is 0 Å². The molecule has 0 bridgehead atoms. The molecule has 0 aromatic carbocycles. The highest BCUT2D eigenvalue weighted by Crippen LogP contribution is 2.27. The molecule has 2 aromatic rings. The maximum atomic E-state index is 12.1. The van der Waals surface area contributed by atoms with Crippen molar-refractivity contribution in [2.45, 2.75) is 52.1 Å². The maximum absolute atomic E-state index is 12.1. The molecule has 1 amide bonds. The lowest BCUT2D eigenvalue weighted by atomic mass is 9.95. The fourth-order valence-electron chi connectivity index (χ4n) is 3.31. The first-order valence-electron chi connectivity index (χ1n) is 8.86. The van der Waals surface area contributed by atoms with Crippen molar-refractivity contribution in [3.05, 3.63) is 36.5 Å². The minimum absolute atomic E-state index is 0.209. The number of aromatic nitrogens is 6. The summed E-state index contributed by atoms with van der Waals surface area (Å²) in [6, 6.07) is 0. The minimum atomic E-state index is 0.209. The molecule has 8 nitrogen and oxygen atoms in total. The van der Waals surface area contributed by atoms with E-state index in [2.05, 4.69) is 31.8 Å². The molecule has 1 saturated heterocycles. The number of carbonyl (C=O) groups is 1. The van der Waals surface area contributed by atoms with E-state index in [1.807, 2.05) is 24.0 Å². The SMILES string of the molecule is C/C=C/CC(=O)N1CCC(c2nnc(Cn3cncn3)n2CC)CC1. The summed E-state index contributed by atoms with van der Waals surface area (Å²) in [7, 11) is 0. The van der Waals surface area contributed by atoms with E-state index in [-0.39, 0.29) is 5.91 Å². The first kappa shape index (κ1) is 17.3. The number of rotatable bonds is 6. The third-order valence-electron chi connectivity index (χ3n) is 4.68. The van der Waals surface area contributed by atoms with E-state index in [4.69, 9.17) is 0 Å². The Kier molecular flexibility index (Phi) is 5.57. The summed E-state index contributed by atoms with van der Waals surface area (Å²) in [6.07, 6.45) is 9.40. The number of amides is 1. The molecule has 1 aliphatic rings. The van der Waals surface area contributed by atoms with Gasteiger partial charge in [0.2, 0.25) is 5.91 Å². The highest BCUT2D eigenvalue weighted by molar-refractivity contribution is 5.77. The Hall–Kier alpha value is -2.51. The molecular formula is C17H25N7O. The van der Waals surface area contributed by atoms with Crippen LogP contribution in [0.15, 0.2) is 24.8 Å². The molecule has 0 unspecified atom stereocenters. The van der Waals surface area contributed by atoms with Gasteiger partial charge in [-0.1, -0.05) is 12.2 Å². The normalized spacial score (nSPS) is 16.0. The van der Waals surface area contributed by atoms with E-state index in [0.29, 0.717) is 18.9 Å². The number of hydrogen-bond donors (Lipinski definition) is 0. The molecule has 0 radical (unpaired) electrons. The number of piperidine rings is 1. The van der Waals surface area contributed by atoms with Crippen LogP contribution in [0.2, 0.25) is 0 Å². The van der Waals surface area contributed by atoms with Gasteiger partial charge in [0, 0.05) is 32.0 Å². The predicted octanol–water partition coefficient (Wildman–Crippen LogP) is 1.61. The third-order valence-corrected chi connectivity index (χ3v) is 4.68. The van der Waals surface area contributed by atoms with Gasteiger partial charge in [-0.15, -0.1) is 10.2 Å². The second-order valence-corrected chi connectivity index (χ2v) is 6.24. The van der Waals surface area contributed by atoms with Gasteiger partial charge in [-0.2, -0.15) is 5.10 Å². The van der Waals surface area contributed by atoms with Crippen LogP contribution >= 0.6 is 0 Å². The summed E-state index contributed by atoms with van der Waals surface area (Å²) in [4.78, 5) is 18.1. The quantitative estimate of drug-likeness (QED) is 0.744. The fourth-order valence-corrected chi connectivity index (χ4v) is 3.31. The molecule has 0 atom stereocenters. The molecule has 2 aromatic heterocycles. The zero-order valence-corrected chi connectivity index (χ0v) is 14.9. The molecule has 25 heavy (non-hydrogen) atoms. The minimum Gasteiger partial charge on any atom is -0.342 e. The van der Waals surface area contributed by atoms with Gasteiger partial charge < -0.3 is 9.47 Å². The molecule has 0 saturated carbocycles. The Morgan fingerprint density at radius 2 is 2.12 bits per heavy atom. The van der Waals surface area contributed by atoms with Gasteiger partial charge in [-0.25, -0.2) is 9.67 Å². The van der Waals surface area contributed by atoms with Crippen molar-refractivity contribution in [3.63, 3.8) is 0 Å². The van der Waals surface area contributed by atoms with Crippen molar-refractivity contribution in [3.8, 4) is 0 Å². The van der Waals surface area contributed by atoms with Crippen LogP contribution in [0.5, 0.6) is 0 Å². The molecule has 0 spiro atoms. The van der Waals surface area contributed by atoms with Gasteiger partial charge in [0.05, 0.1) is 0 Å². The number of allylic oxidation sites excluding steroid dienone is 1. The second-order valence-electron chi connectivity index (χ2n) is 6.24. The summed E-state index contributed by atoms with van der Waals surface area (Å²) >= 11 is 0. The monoisotopic (exact) mass is 343 g/mol. The topological polar surface area (TPSA) is 81.7 Å². The summed E-state index contributed by atoms with van der Waals surface area (Å²) in [5, 5.41) is 13.0. The molecule has 3 heterocycles. The molecule has 0 aliphatic carbocycles. The van der Waals surface area contributed by atoms with Crippen molar-refractivity contribution in [1.82, 2.24) is 34.4 Å². The highest BCUT2D eigenvalue weighted by atomic mass is 16.2. The maximum Gasteiger partial charge on any atom is 0.226 e. The number of hydrogen-bond acceptors (Lipinski definition) is 5. The van der Waals surface area contributed by atoms with Crippen molar-refractivity contribution in [1.29, 1.82) is 0 Å².